The third kappa shape index (κ3) is 3.16. The standard InChI is InChI=1S/C26H23NO7/c1-12-10-19(29)17-11-16-13(21(23(17)24(12)32)14-4-2-3-5-18(14)28)6-7-15-22(16)26(34)27(25(15)33)9-8-20(30)31/h2-6,10,15-16,21-22,28H,7-9,11H2,1H3,(H,30,31)/t15-,16+,21+,22-/m0/s1. The Kier molecular flexibility index (Phi) is 5.11. The number of para-hydroxylation sites is 1. The molecule has 0 unspecified atom stereocenters. The molecule has 2 N–H and O–H groups in total. The number of phenolic OH excluding ortho intramolecular Hbond substituents is 1. The molecule has 0 bridgehead atoms. The SMILES string of the molecule is CC1=CC(=O)C2=C(C1=O)[C@@H](c1ccccc1O)C1=CC[C@@H]3C(=O)N(CCC(=O)O)C(=O)[C@@H]3[C@@H]1C2. The molecule has 8 heteroatoms. The predicted molar refractivity (Wildman–Crippen MR) is 118 cm³/mol. The molecular weight excluding hydrogens is 438 g/mol. The number of rotatable bonds is 4. The Balaban J connectivity index is 1.63. The van der Waals surface area contributed by atoms with Crippen LogP contribution in [0.3, 0.4) is 0 Å². The van der Waals surface area contributed by atoms with Crippen LogP contribution < -0.4 is 0 Å². The van der Waals surface area contributed by atoms with Gasteiger partial charge in [0, 0.05) is 34.7 Å². The van der Waals surface area contributed by atoms with Gasteiger partial charge in [0.05, 0.1) is 18.3 Å². The van der Waals surface area contributed by atoms with Crippen molar-refractivity contribution in [3.63, 3.8) is 0 Å². The fraction of sp³-hybridized carbons (Fsp3) is 0.346. The molecule has 1 aliphatic heterocycles. The molecule has 1 saturated heterocycles. The van der Waals surface area contributed by atoms with E-state index in [1.54, 1.807) is 25.1 Å². The highest BCUT2D eigenvalue weighted by molar-refractivity contribution is 6.24. The summed E-state index contributed by atoms with van der Waals surface area (Å²) in [5.74, 6) is -5.09. The lowest BCUT2D eigenvalue weighted by Crippen LogP contribution is -2.40. The van der Waals surface area contributed by atoms with Gasteiger partial charge in [0.15, 0.2) is 11.6 Å². The third-order valence-electron chi connectivity index (χ3n) is 7.45. The highest BCUT2D eigenvalue weighted by atomic mass is 16.4. The minimum Gasteiger partial charge on any atom is -0.508 e. The maximum atomic E-state index is 13.3. The number of likely N-dealkylation sites (tertiary alicyclic amines) is 1. The largest absolute Gasteiger partial charge is 0.508 e. The zero-order chi connectivity index (χ0) is 24.3. The second kappa shape index (κ2) is 7.90. The summed E-state index contributed by atoms with van der Waals surface area (Å²) < 4.78 is 0. The zero-order valence-corrected chi connectivity index (χ0v) is 18.5. The van der Waals surface area contributed by atoms with Crippen LogP contribution in [0, 0.1) is 17.8 Å². The molecule has 0 aromatic heterocycles. The van der Waals surface area contributed by atoms with Crippen molar-refractivity contribution < 1.29 is 34.2 Å². The number of fused-ring (bicyclic) bond motifs is 3. The fourth-order valence-corrected chi connectivity index (χ4v) is 5.94. The van der Waals surface area contributed by atoms with E-state index in [0.717, 1.165) is 10.5 Å². The summed E-state index contributed by atoms with van der Waals surface area (Å²) in [5.41, 5.74) is 2.19. The summed E-state index contributed by atoms with van der Waals surface area (Å²) in [6.45, 7) is 1.39. The highest BCUT2D eigenvalue weighted by Gasteiger charge is 2.56. The van der Waals surface area contributed by atoms with Crippen LogP contribution in [0.15, 0.2) is 58.7 Å². The number of carboxylic acids is 1. The number of aromatic hydroxyl groups is 1. The molecule has 4 atom stereocenters. The van der Waals surface area contributed by atoms with Gasteiger partial charge in [0.25, 0.3) is 0 Å². The first-order valence-corrected chi connectivity index (χ1v) is 11.3. The van der Waals surface area contributed by atoms with Gasteiger partial charge in [0.2, 0.25) is 11.8 Å². The third-order valence-corrected chi connectivity index (χ3v) is 7.45. The maximum absolute atomic E-state index is 13.3. The Labute approximate surface area is 195 Å². The number of carbonyl (C=O) groups excluding carboxylic acids is 4. The van der Waals surface area contributed by atoms with Gasteiger partial charge < -0.3 is 10.2 Å². The second-order valence-corrected chi connectivity index (χ2v) is 9.26. The van der Waals surface area contributed by atoms with E-state index in [9.17, 15) is 29.1 Å². The summed E-state index contributed by atoms with van der Waals surface area (Å²) in [6, 6.07) is 6.62. The number of amides is 2. The number of hydrogen-bond acceptors (Lipinski definition) is 6. The van der Waals surface area contributed by atoms with Gasteiger partial charge in [0.1, 0.15) is 5.75 Å². The van der Waals surface area contributed by atoms with Gasteiger partial charge in [-0.05, 0) is 37.8 Å². The fourth-order valence-electron chi connectivity index (χ4n) is 5.94. The maximum Gasteiger partial charge on any atom is 0.305 e. The average molecular weight is 461 g/mol. The van der Waals surface area contributed by atoms with Gasteiger partial charge in [-0.3, -0.25) is 28.9 Å². The molecule has 4 aliphatic rings. The van der Waals surface area contributed by atoms with Crippen LogP contribution in [0.1, 0.15) is 37.7 Å². The summed E-state index contributed by atoms with van der Waals surface area (Å²) in [5, 5.41) is 19.7. The molecule has 1 aromatic carbocycles. The van der Waals surface area contributed by atoms with Crippen molar-refractivity contribution in [2.45, 2.75) is 32.1 Å². The van der Waals surface area contributed by atoms with E-state index in [4.69, 9.17) is 5.11 Å². The molecule has 1 fully saturated rings. The lowest BCUT2D eigenvalue weighted by Gasteiger charge is -2.42. The van der Waals surface area contributed by atoms with Crippen LogP contribution in [0.25, 0.3) is 0 Å². The number of benzene rings is 1. The molecule has 1 aromatic rings. The average Bonchev–Trinajstić information content (AvgIpc) is 3.05. The minimum absolute atomic E-state index is 0.0209. The van der Waals surface area contributed by atoms with Crippen molar-refractivity contribution in [2.75, 3.05) is 6.54 Å². The second-order valence-electron chi connectivity index (χ2n) is 9.26. The number of aliphatic carboxylic acids is 1. The molecule has 5 rings (SSSR count). The molecule has 0 spiro atoms. The van der Waals surface area contributed by atoms with Crippen molar-refractivity contribution in [2.24, 2.45) is 17.8 Å². The number of allylic oxidation sites excluding steroid dienone is 6. The summed E-state index contributed by atoms with van der Waals surface area (Å²) in [6.07, 6.45) is 3.25. The zero-order valence-electron chi connectivity index (χ0n) is 18.5. The van der Waals surface area contributed by atoms with Crippen LogP contribution in [-0.2, 0) is 24.0 Å². The van der Waals surface area contributed by atoms with E-state index in [1.165, 1.54) is 12.1 Å². The molecule has 0 radical (unpaired) electrons. The van der Waals surface area contributed by atoms with E-state index >= 15 is 0 Å². The Morgan fingerprint density at radius 2 is 1.82 bits per heavy atom. The van der Waals surface area contributed by atoms with Gasteiger partial charge >= 0.3 is 5.97 Å². The summed E-state index contributed by atoms with van der Waals surface area (Å²) >= 11 is 0. The first kappa shape index (κ1) is 22.0. The Morgan fingerprint density at radius 3 is 2.53 bits per heavy atom. The number of nitrogens with zero attached hydrogens (tertiary/aromatic N) is 1. The van der Waals surface area contributed by atoms with Gasteiger partial charge in [-0.15, -0.1) is 0 Å². The number of carbonyl (C=O) groups is 5. The van der Waals surface area contributed by atoms with Crippen LogP contribution >= 0.6 is 0 Å². The van der Waals surface area contributed by atoms with Gasteiger partial charge in [-0.1, -0.05) is 29.8 Å². The number of carboxylic acid groups (broad SMARTS) is 1. The number of phenols is 1. The van der Waals surface area contributed by atoms with E-state index in [2.05, 4.69) is 0 Å². The van der Waals surface area contributed by atoms with Crippen molar-refractivity contribution in [3.05, 3.63) is 64.3 Å². The van der Waals surface area contributed by atoms with Crippen LogP contribution in [-0.4, -0.2) is 51.0 Å². The summed E-state index contributed by atoms with van der Waals surface area (Å²) in [7, 11) is 0. The van der Waals surface area contributed by atoms with Crippen molar-refractivity contribution in [3.8, 4) is 5.75 Å². The van der Waals surface area contributed by atoms with E-state index < -0.39 is 41.5 Å². The van der Waals surface area contributed by atoms with E-state index in [0.29, 0.717) is 22.3 Å². The monoisotopic (exact) mass is 461 g/mol. The quantitative estimate of drug-likeness (QED) is 0.400. The van der Waals surface area contributed by atoms with Crippen LogP contribution in [0.2, 0.25) is 0 Å². The van der Waals surface area contributed by atoms with Crippen LogP contribution in [0.5, 0.6) is 5.75 Å². The lowest BCUT2D eigenvalue weighted by molar-refractivity contribution is -0.142. The van der Waals surface area contributed by atoms with Crippen molar-refractivity contribution in [1.82, 2.24) is 4.90 Å². The van der Waals surface area contributed by atoms with E-state index in [1.807, 2.05) is 6.08 Å². The van der Waals surface area contributed by atoms with Gasteiger partial charge in [-0.2, -0.15) is 0 Å². The van der Waals surface area contributed by atoms with Crippen molar-refractivity contribution in [1.29, 1.82) is 0 Å². The number of ketones is 2. The summed E-state index contributed by atoms with van der Waals surface area (Å²) in [4.78, 5) is 64.6. The Hall–Kier alpha value is -3.81. The molecule has 174 valence electrons. The van der Waals surface area contributed by atoms with Gasteiger partial charge in [-0.25, -0.2) is 0 Å². The first-order chi connectivity index (χ1) is 16.2. The Morgan fingerprint density at radius 1 is 1.09 bits per heavy atom. The number of hydrogen-bond donors (Lipinski definition) is 2. The highest BCUT2D eigenvalue weighted by Crippen LogP contribution is 2.55. The molecule has 34 heavy (non-hydrogen) atoms. The first-order valence-electron chi connectivity index (χ1n) is 11.3. The minimum atomic E-state index is -1.10. The van der Waals surface area contributed by atoms with Crippen molar-refractivity contribution >= 4 is 29.4 Å². The smallest absolute Gasteiger partial charge is 0.305 e. The molecule has 1 heterocycles. The Bertz CT molecular complexity index is 1270. The normalized spacial score (nSPS) is 28.3. The van der Waals surface area contributed by atoms with E-state index in [-0.39, 0.29) is 43.1 Å². The lowest BCUT2D eigenvalue weighted by atomic mass is 9.59. The number of Topliss-reactive ketones (excluding diaryl/α,β-unsaturated/α-hetero) is 1. The predicted octanol–water partition coefficient (Wildman–Crippen LogP) is 2.30. The number of imide groups is 1. The van der Waals surface area contributed by atoms with Crippen LogP contribution in [0.4, 0.5) is 0 Å². The topological polar surface area (TPSA) is 129 Å². The molecule has 2 amide bonds. The molecule has 8 nitrogen and oxygen atoms in total. The molecular formula is C26H23NO7. The molecule has 3 aliphatic carbocycles. The molecule has 0 saturated carbocycles.